The number of methoxy groups -OCH3 is 1. The minimum absolute atomic E-state index is 0.336. The molecule has 1 aliphatic rings. The molecule has 2 aromatic rings. The summed E-state index contributed by atoms with van der Waals surface area (Å²) in [5.41, 5.74) is 0.895. The van der Waals surface area contributed by atoms with E-state index in [2.05, 4.69) is 18.8 Å². The van der Waals surface area contributed by atoms with Crippen LogP contribution in [0, 0.1) is 11.8 Å². The van der Waals surface area contributed by atoms with Gasteiger partial charge >= 0.3 is 0 Å². The van der Waals surface area contributed by atoms with Gasteiger partial charge in [0.2, 0.25) is 5.91 Å². The number of thiazole rings is 1. The van der Waals surface area contributed by atoms with Gasteiger partial charge in [-0.25, -0.2) is 8.42 Å². The fourth-order valence-electron chi connectivity index (χ4n) is 4.10. The lowest BCUT2D eigenvalue weighted by molar-refractivity contribution is -0.131. The summed E-state index contributed by atoms with van der Waals surface area (Å²) in [5, 5.41) is 0. The number of aryl methyl sites for hydroxylation is 1. The van der Waals surface area contributed by atoms with Crippen LogP contribution < -0.4 is 9.54 Å². The van der Waals surface area contributed by atoms with Gasteiger partial charge in [0.1, 0.15) is 17.3 Å². The summed E-state index contributed by atoms with van der Waals surface area (Å²) in [4.78, 5) is 31.0. The Morgan fingerprint density at radius 3 is 2.48 bits per heavy atom. The zero-order valence-electron chi connectivity index (χ0n) is 18.3. The van der Waals surface area contributed by atoms with E-state index in [4.69, 9.17) is 4.74 Å². The molecule has 1 fully saturated rings. The Labute approximate surface area is 186 Å². The van der Waals surface area contributed by atoms with Crippen molar-refractivity contribution >= 4 is 43.2 Å². The molecule has 170 valence electrons. The molecule has 0 spiro atoms. The van der Waals surface area contributed by atoms with Gasteiger partial charge in [0.05, 0.1) is 17.3 Å². The van der Waals surface area contributed by atoms with Crippen molar-refractivity contribution in [2.75, 3.05) is 31.7 Å². The normalized spacial score (nSPS) is 20.3. The maximum atomic E-state index is 12.5. The SMILES string of the molecule is CCn1c(=NC(=O)CS(=O)(=O)CC(=O)N2CC(C)CC(C)C2)sc2cc(OC)ccc21. The van der Waals surface area contributed by atoms with E-state index in [0.29, 0.717) is 42.0 Å². The van der Waals surface area contributed by atoms with Crippen molar-refractivity contribution in [1.29, 1.82) is 0 Å². The fourth-order valence-corrected chi connectivity index (χ4v) is 6.34. The maximum Gasteiger partial charge on any atom is 0.263 e. The summed E-state index contributed by atoms with van der Waals surface area (Å²) >= 11 is 1.29. The summed E-state index contributed by atoms with van der Waals surface area (Å²) in [6, 6.07) is 5.56. The Kier molecular flexibility index (Phi) is 7.20. The number of fused-ring (bicyclic) bond motifs is 1. The topological polar surface area (TPSA) is 98.0 Å². The number of nitrogens with zero attached hydrogens (tertiary/aromatic N) is 3. The van der Waals surface area contributed by atoms with E-state index in [1.54, 1.807) is 12.0 Å². The molecule has 8 nitrogen and oxygen atoms in total. The molecule has 1 saturated heterocycles. The van der Waals surface area contributed by atoms with Gasteiger partial charge in [0.15, 0.2) is 14.6 Å². The van der Waals surface area contributed by atoms with Gasteiger partial charge in [-0.05, 0) is 43.4 Å². The minimum Gasteiger partial charge on any atom is -0.497 e. The number of hydrogen-bond donors (Lipinski definition) is 0. The number of hydrogen-bond acceptors (Lipinski definition) is 6. The first-order valence-corrected chi connectivity index (χ1v) is 13.0. The predicted octanol–water partition coefficient (Wildman–Crippen LogP) is 2.08. The highest BCUT2D eigenvalue weighted by Gasteiger charge is 2.29. The predicted molar refractivity (Wildman–Crippen MR) is 121 cm³/mol. The molecule has 10 heteroatoms. The molecule has 2 heterocycles. The standard InChI is InChI=1S/C21H29N3O5S2/c1-5-24-17-7-6-16(29-4)9-18(17)30-21(24)22-19(25)12-31(27,28)13-20(26)23-10-14(2)8-15(3)11-23/h6-7,9,14-15H,5,8,10-13H2,1-4H3. The molecule has 3 rings (SSSR count). The fraction of sp³-hybridized carbons (Fsp3) is 0.571. The summed E-state index contributed by atoms with van der Waals surface area (Å²) < 4.78 is 33.0. The Hall–Kier alpha value is -2.20. The van der Waals surface area contributed by atoms with Crippen LogP contribution in [0.2, 0.25) is 0 Å². The molecule has 2 atom stereocenters. The molecule has 0 radical (unpaired) electrons. The number of piperidine rings is 1. The molecule has 1 aromatic heterocycles. The van der Waals surface area contributed by atoms with Crippen molar-refractivity contribution in [3.63, 3.8) is 0 Å². The minimum atomic E-state index is -3.90. The molecular formula is C21H29N3O5S2. The van der Waals surface area contributed by atoms with Crippen LogP contribution >= 0.6 is 11.3 Å². The molecule has 31 heavy (non-hydrogen) atoms. The second-order valence-corrected chi connectivity index (χ2v) is 11.3. The average Bonchev–Trinajstić information content (AvgIpc) is 3.01. The molecule has 0 N–H and O–H groups in total. The van der Waals surface area contributed by atoms with Crippen molar-refractivity contribution < 1.29 is 22.7 Å². The van der Waals surface area contributed by atoms with Gasteiger partial charge in [0.25, 0.3) is 5.91 Å². The number of carbonyl (C=O) groups is 2. The summed E-state index contributed by atoms with van der Waals surface area (Å²) in [6.07, 6.45) is 1.02. The molecule has 0 bridgehead atoms. The third-order valence-corrected chi connectivity index (χ3v) is 7.75. The second kappa shape index (κ2) is 9.52. The zero-order chi connectivity index (χ0) is 22.8. The lowest BCUT2D eigenvalue weighted by Gasteiger charge is -2.34. The lowest BCUT2D eigenvalue weighted by Crippen LogP contribution is -2.45. The van der Waals surface area contributed by atoms with E-state index >= 15 is 0 Å². The third kappa shape index (κ3) is 5.74. The van der Waals surface area contributed by atoms with E-state index in [9.17, 15) is 18.0 Å². The number of sulfone groups is 1. The van der Waals surface area contributed by atoms with E-state index in [1.807, 2.05) is 29.7 Å². The molecule has 1 aliphatic heterocycles. The highest BCUT2D eigenvalue weighted by Crippen LogP contribution is 2.23. The molecule has 0 saturated carbocycles. The van der Waals surface area contributed by atoms with Gasteiger partial charge in [0, 0.05) is 19.6 Å². The van der Waals surface area contributed by atoms with Crippen molar-refractivity contribution in [3.05, 3.63) is 23.0 Å². The number of rotatable bonds is 6. The van der Waals surface area contributed by atoms with Gasteiger partial charge < -0.3 is 14.2 Å². The first-order chi connectivity index (χ1) is 14.6. The number of carbonyl (C=O) groups excluding carboxylic acids is 2. The van der Waals surface area contributed by atoms with E-state index < -0.39 is 33.2 Å². The Balaban J connectivity index is 1.76. The number of likely N-dealkylation sites (tertiary alicyclic amines) is 1. The Bertz CT molecular complexity index is 1140. The van der Waals surface area contributed by atoms with Crippen LogP contribution in [0.4, 0.5) is 0 Å². The van der Waals surface area contributed by atoms with Gasteiger partial charge in [-0.2, -0.15) is 4.99 Å². The van der Waals surface area contributed by atoms with Gasteiger partial charge in [-0.1, -0.05) is 25.2 Å². The first kappa shape index (κ1) is 23.5. The van der Waals surface area contributed by atoms with Gasteiger partial charge in [-0.15, -0.1) is 0 Å². The number of ether oxygens (including phenoxy) is 1. The van der Waals surface area contributed by atoms with Crippen LogP contribution in [0.1, 0.15) is 27.2 Å². The number of aromatic nitrogens is 1. The molecule has 2 unspecified atom stereocenters. The van der Waals surface area contributed by atoms with Crippen LogP contribution in [0.15, 0.2) is 23.2 Å². The molecule has 0 aliphatic carbocycles. The number of benzene rings is 1. The Morgan fingerprint density at radius 1 is 1.19 bits per heavy atom. The van der Waals surface area contributed by atoms with Crippen molar-refractivity contribution in [2.24, 2.45) is 16.8 Å². The van der Waals surface area contributed by atoms with Crippen molar-refractivity contribution in [3.8, 4) is 5.75 Å². The smallest absolute Gasteiger partial charge is 0.263 e. The number of amides is 2. The highest BCUT2D eigenvalue weighted by molar-refractivity contribution is 7.92. The maximum absolute atomic E-state index is 12.5. The van der Waals surface area contributed by atoms with Gasteiger partial charge in [-0.3, -0.25) is 9.59 Å². The zero-order valence-corrected chi connectivity index (χ0v) is 20.0. The second-order valence-electron chi connectivity index (χ2n) is 8.25. The molecular weight excluding hydrogens is 438 g/mol. The van der Waals surface area contributed by atoms with E-state index in [1.165, 1.54) is 11.3 Å². The summed E-state index contributed by atoms with van der Waals surface area (Å²) in [5.74, 6) is -1.29. The van der Waals surface area contributed by atoms with Crippen LogP contribution in [0.25, 0.3) is 10.2 Å². The third-order valence-electron chi connectivity index (χ3n) is 5.33. The largest absolute Gasteiger partial charge is 0.497 e. The van der Waals surface area contributed by atoms with E-state index in [-0.39, 0.29) is 0 Å². The Morgan fingerprint density at radius 2 is 1.87 bits per heavy atom. The van der Waals surface area contributed by atoms with Crippen molar-refractivity contribution in [2.45, 2.75) is 33.7 Å². The lowest BCUT2D eigenvalue weighted by atomic mass is 9.92. The van der Waals surface area contributed by atoms with Crippen molar-refractivity contribution in [1.82, 2.24) is 9.47 Å². The average molecular weight is 468 g/mol. The van der Waals surface area contributed by atoms with Crippen LogP contribution in [-0.2, 0) is 26.0 Å². The quantitative estimate of drug-likeness (QED) is 0.648. The highest BCUT2D eigenvalue weighted by atomic mass is 32.2. The van der Waals surface area contributed by atoms with Crippen LogP contribution in [0.5, 0.6) is 5.75 Å². The molecule has 2 amide bonds. The first-order valence-electron chi connectivity index (χ1n) is 10.3. The molecule has 1 aromatic carbocycles. The van der Waals surface area contributed by atoms with E-state index in [0.717, 1.165) is 16.6 Å². The van der Waals surface area contributed by atoms with Crippen LogP contribution in [-0.4, -0.2) is 61.4 Å². The monoisotopic (exact) mass is 467 g/mol. The summed E-state index contributed by atoms with van der Waals surface area (Å²) in [7, 11) is -2.33. The van der Waals surface area contributed by atoms with Crippen LogP contribution in [0.3, 0.4) is 0 Å². The summed E-state index contributed by atoms with van der Waals surface area (Å²) in [6.45, 7) is 7.72.